The van der Waals surface area contributed by atoms with Gasteiger partial charge in [-0.2, -0.15) is 0 Å². The number of benzene rings is 10. The van der Waals surface area contributed by atoms with Gasteiger partial charge in [0.15, 0.2) is 0 Å². The third-order valence-electron chi connectivity index (χ3n) is 12.8. The second-order valence-corrected chi connectivity index (χ2v) is 16.4. The third kappa shape index (κ3) is 6.11. The smallest absolute Gasteiger partial charge is 0.143 e. The Morgan fingerprint density at radius 3 is 1.73 bits per heavy atom. The van der Waals surface area contributed by atoms with Crippen molar-refractivity contribution < 1.29 is 4.42 Å². The SMILES string of the molecule is C1=CC(c2ccccc2)CC=C1c1ccc(N(c2ccc(-c3cccc4c3ccc3ccccc34)cc2)c2ccccc2-c2cccc3c2oc2c4ccccc4ccc32)cc1. The molecule has 0 amide bonds. The highest BCUT2D eigenvalue weighted by Gasteiger charge is 2.22. The number of furan rings is 1. The van der Waals surface area contributed by atoms with Crippen molar-refractivity contribution in [3.63, 3.8) is 0 Å². The van der Waals surface area contributed by atoms with Crippen LogP contribution in [-0.2, 0) is 0 Å². The van der Waals surface area contributed by atoms with Crippen LogP contribution >= 0.6 is 0 Å². The van der Waals surface area contributed by atoms with Gasteiger partial charge in [0.1, 0.15) is 11.2 Å². The van der Waals surface area contributed by atoms with Crippen molar-refractivity contribution in [2.75, 3.05) is 4.90 Å². The van der Waals surface area contributed by atoms with E-state index >= 15 is 0 Å². The van der Waals surface area contributed by atoms with Crippen LogP contribution in [-0.4, -0.2) is 0 Å². The Bertz CT molecular complexity index is 3540. The summed E-state index contributed by atoms with van der Waals surface area (Å²) in [7, 11) is 0. The van der Waals surface area contributed by atoms with E-state index in [2.05, 4.69) is 235 Å². The van der Waals surface area contributed by atoms with Gasteiger partial charge in [0.2, 0.25) is 0 Å². The Kier molecular flexibility index (Phi) is 8.67. The quantitative estimate of drug-likeness (QED) is 0.150. The predicted octanol–water partition coefficient (Wildman–Crippen LogP) is 17.0. The van der Waals surface area contributed by atoms with Gasteiger partial charge in [0, 0.05) is 44.6 Å². The molecule has 292 valence electrons. The minimum atomic E-state index is 0.400. The summed E-state index contributed by atoms with van der Waals surface area (Å²) in [6, 6.07) is 76.9. The molecule has 1 aliphatic carbocycles. The molecule has 10 aromatic carbocycles. The highest BCUT2D eigenvalue weighted by Crippen LogP contribution is 2.46. The molecule has 1 atom stereocenters. The maximum Gasteiger partial charge on any atom is 0.143 e. The van der Waals surface area contributed by atoms with E-state index in [1.807, 2.05) is 0 Å². The number of hydrogen-bond donors (Lipinski definition) is 0. The molecule has 0 bridgehead atoms. The maximum absolute atomic E-state index is 6.91. The lowest BCUT2D eigenvalue weighted by atomic mass is 9.88. The Morgan fingerprint density at radius 2 is 0.968 bits per heavy atom. The molecule has 2 nitrogen and oxygen atoms in total. The van der Waals surface area contributed by atoms with Crippen LogP contribution in [0.1, 0.15) is 23.5 Å². The molecule has 0 aliphatic heterocycles. The fraction of sp³-hybridized carbons (Fsp3) is 0.0333. The average molecular weight is 792 g/mol. The van der Waals surface area contributed by atoms with Crippen molar-refractivity contribution in [2.24, 2.45) is 0 Å². The zero-order valence-corrected chi connectivity index (χ0v) is 34.1. The van der Waals surface area contributed by atoms with Gasteiger partial charge in [-0.3, -0.25) is 0 Å². The molecule has 1 heterocycles. The Hall–Kier alpha value is -7.94. The number of anilines is 3. The molecule has 1 unspecified atom stereocenters. The molecule has 2 heteroatoms. The Balaban J connectivity index is 0.980. The fourth-order valence-corrected chi connectivity index (χ4v) is 9.73. The Morgan fingerprint density at radius 1 is 0.387 bits per heavy atom. The van der Waals surface area contributed by atoms with Crippen molar-refractivity contribution in [3.05, 3.63) is 242 Å². The highest BCUT2D eigenvalue weighted by molar-refractivity contribution is 6.18. The average Bonchev–Trinajstić information content (AvgIpc) is 3.75. The summed E-state index contributed by atoms with van der Waals surface area (Å²) >= 11 is 0. The summed E-state index contributed by atoms with van der Waals surface area (Å²) in [6.07, 6.45) is 8.00. The summed E-state index contributed by atoms with van der Waals surface area (Å²) in [5.74, 6) is 0.400. The standard InChI is InChI=1S/C60H41NO/c1-2-12-40(13-3-1)41-24-26-42(27-25-41)43-28-34-47(35-29-43)61(48-36-30-46(31-37-48)50-19-10-20-52-49-16-6-4-14-44(49)32-38-53(50)52)58-23-9-8-18-54(58)55-21-11-22-56-57-39-33-45-15-5-7-17-51(45)59(57)62-60(55)56/h1-24,26-39,41H,25H2. The summed E-state index contributed by atoms with van der Waals surface area (Å²) < 4.78 is 6.91. The van der Waals surface area contributed by atoms with Crippen LogP contribution in [0.25, 0.3) is 82.1 Å². The van der Waals surface area contributed by atoms with Crippen LogP contribution < -0.4 is 4.90 Å². The van der Waals surface area contributed by atoms with Gasteiger partial charge >= 0.3 is 0 Å². The fourth-order valence-electron chi connectivity index (χ4n) is 9.73. The zero-order chi connectivity index (χ0) is 41.0. The third-order valence-corrected chi connectivity index (χ3v) is 12.8. The minimum absolute atomic E-state index is 0.400. The normalized spacial score (nSPS) is 13.9. The molecule has 0 N–H and O–H groups in total. The van der Waals surface area contributed by atoms with Gasteiger partial charge in [-0.15, -0.1) is 0 Å². The van der Waals surface area contributed by atoms with E-state index in [1.54, 1.807) is 0 Å². The molecular weight excluding hydrogens is 751 g/mol. The molecule has 0 spiro atoms. The highest BCUT2D eigenvalue weighted by atomic mass is 16.3. The molecule has 0 saturated carbocycles. The molecule has 1 aliphatic rings. The lowest BCUT2D eigenvalue weighted by Gasteiger charge is -2.28. The van der Waals surface area contributed by atoms with Crippen LogP contribution in [0.15, 0.2) is 235 Å². The van der Waals surface area contributed by atoms with E-state index in [0.717, 1.165) is 61.9 Å². The second-order valence-electron chi connectivity index (χ2n) is 16.4. The van der Waals surface area contributed by atoms with E-state index in [1.165, 1.54) is 54.8 Å². The molecule has 62 heavy (non-hydrogen) atoms. The van der Waals surface area contributed by atoms with Crippen LogP contribution in [0.2, 0.25) is 0 Å². The topological polar surface area (TPSA) is 16.4 Å². The first-order chi connectivity index (χ1) is 30.7. The lowest BCUT2D eigenvalue weighted by Crippen LogP contribution is -2.11. The zero-order valence-electron chi connectivity index (χ0n) is 34.1. The largest absolute Gasteiger partial charge is 0.455 e. The predicted molar refractivity (Wildman–Crippen MR) is 263 cm³/mol. The monoisotopic (exact) mass is 791 g/mol. The summed E-state index contributed by atoms with van der Waals surface area (Å²) in [4.78, 5) is 2.40. The number of fused-ring (bicyclic) bond motifs is 8. The van der Waals surface area contributed by atoms with Crippen LogP contribution in [0.3, 0.4) is 0 Å². The molecule has 0 fully saturated rings. The first-order valence-electron chi connectivity index (χ1n) is 21.5. The lowest BCUT2D eigenvalue weighted by molar-refractivity contribution is 0.674. The van der Waals surface area contributed by atoms with Crippen LogP contribution in [0, 0.1) is 0 Å². The van der Waals surface area contributed by atoms with Crippen molar-refractivity contribution in [2.45, 2.75) is 12.3 Å². The van der Waals surface area contributed by atoms with E-state index in [9.17, 15) is 0 Å². The summed E-state index contributed by atoms with van der Waals surface area (Å²) in [6.45, 7) is 0. The minimum Gasteiger partial charge on any atom is -0.455 e. The van der Waals surface area contributed by atoms with E-state index < -0.39 is 0 Å². The van der Waals surface area contributed by atoms with Gasteiger partial charge in [0.05, 0.1) is 5.69 Å². The molecule has 1 aromatic heterocycles. The molecule has 11 aromatic rings. The van der Waals surface area contributed by atoms with E-state index in [0.29, 0.717) is 5.92 Å². The number of nitrogens with zero attached hydrogens (tertiary/aromatic N) is 1. The van der Waals surface area contributed by atoms with Crippen molar-refractivity contribution in [1.82, 2.24) is 0 Å². The van der Waals surface area contributed by atoms with Gasteiger partial charge in [-0.1, -0.05) is 194 Å². The number of hydrogen-bond acceptors (Lipinski definition) is 2. The van der Waals surface area contributed by atoms with Crippen molar-refractivity contribution in [1.29, 1.82) is 0 Å². The van der Waals surface area contributed by atoms with Crippen LogP contribution in [0.5, 0.6) is 0 Å². The van der Waals surface area contributed by atoms with Crippen molar-refractivity contribution >= 4 is 76.9 Å². The number of rotatable bonds is 7. The van der Waals surface area contributed by atoms with Crippen molar-refractivity contribution in [3.8, 4) is 22.3 Å². The molecule has 0 radical (unpaired) electrons. The van der Waals surface area contributed by atoms with Crippen LogP contribution in [0.4, 0.5) is 17.1 Å². The Labute approximate surface area is 360 Å². The first-order valence-corrected chi connectivity index (χ1v) is 21.5. The molecular formula is C60H41NO. The molecule has 0 saturated heterocycles. The van der Waals surface area contributed by atoms with E-state index in [-0.39, 0.29) is 0 Å². The second kappa shape index (κ2) is 15.0. The summed E-state index contributed by atoms with van der Waals surface area (Å²) in [5.41, 5.74) is 13.4. The maximum atomic E-state index is 6.91. The first kappa shape index (κ1) is 36.0. The van der Waals surface area contributed by atoms with Gasteiger partial charge in [-0.05, 0) is 97.6 Å². The van der Waals surface area contributed by atoms with E-state index in [4.69, 9.17) is 4.42 Å². The van der Waals surface area contributed by atoms with Gasteiger partial charge in [-0.25, -0.2) is 0 Å². The number of para-hydroxylation sites is 2. The van der Waals surface area contributed by atoms with Gasteiger partial charge < -0.3 is 9.32 Å². The van der Waals surface area contributed by atoms with Gasteiger partial charge in [0.25, 0.3) is 0 Å². The molecule has 12 rings (SSSR count). The summed E-state index contributed by atoms with van der Waals surface area (Å²) in [5, 5.41) is 9.60. The number of allylic oxidation sites excluding steroid dienone is 4.